The SMILES string of the molecule is CCNC(C)C1CCCN(S(=O)(=O)c2cccnc2)C1. The Morgan fingerprint density at radius 3 is 3.00 bits per heavy atom. The zero-order valence-electron chi connectivity index (χ0n) is 12.1. The van der Waals surface area contributed by atoms with Gasteiger partial charge in [-0.15, -0.1) is 0 Å². The van der Waals surface area contributed by atoms with Crippen LogP contribution in [0.4, 0.5) is 0 Å². The molecular weight excluding hydrogens is 274 g/mol. The Labute approximate surface area is 121 Å². The van der Waals surface area contributed by atoms with Crippen molar-refractivity contribution in [2.75, 3.05) is 19.6 Å². The minimum atomic E-state index is -3.40. The van der Waals surface area contributed by atoms with Gasteiger partial charge in [0.1, 0.15) is 4.90 Å². The van der Waals surface area contributed by atoms with E-state index in [4.69, 9.17) is 0 Å². The van der Waals surface area contributed by atoms with Crippen LogP contribution in [0.2, 0.25) is 0 Å². The van der Waals surface area contributed by atoms with Gasteiger partial charge in [-0.1, -0.05) is 6.92 Å². The van der Waals surface area contributed by atoms with E-state index in [1.165, 1.54) is 6.20 Å². The third-order valence-corrected chi connectivity index (χ3v) is 5.77. The van der Waals surface area contributed by atoms with Crippen LogP contribution in [0.1, 0.15) is 26.7 Å². The molecule has 20 heavy (non-hydrogen) atoms. The lowest BCUT2D eigenvalue weighted by Crippen LogP contribution is -2.46. The molecule has 2 heterocycles. The van der Waals surface area contributed by atoms with Crippen molar-refractivity contribution in [1.82, 2.24) is 14.6 Å². The molecule has 0 bridgehead atoms. The smallest absolute Gasteiger partial charge is 0.244 e. The van der Waals surface area contributed by atoms with Crippen LogP contribution in [0.15, 0.2) is 29.4 Å². The van der Waals surface area contributed by atoms with Gasteiger partial charge in [0.2, 0.25) is 10.0 Å². The molecule has 2 rings (SSSR count). The standard InChI is InChI=1S/C14H23N3O2S/c1-3-16-12(2)13-6-5-9-17(11-13)20(18,19)14-7-4-8-15-10-14/h4,7-8,10,12-13,16H,3,5-6,9,11H2,1-2H3. The molecule has 0 saturated carbocycles. The highest BCUT2D eigenvalue weighted by Crippen LogP contribution is 2.25. The number of rotatable bonds is 5. The number of aromatic nitrogens is 1. The molecule has 1 N–H and O–H groups in total. The molecule has 2 unspecified atom stereocenters. The van der Waals surface area contributed by atoms with Crippen molar-refractivity contribution in [2.45, 2.75) is 37.6 Å². The fraction of sp³-hybridized carbons (Fsp3) is 0.643. The Balaban J connectivity index is 2.12. The normalized spacial score (nSPS) is 22.6. The number of nitrogens with zero attached hydrogens (tertiary/aromatic N) is 2. The van der Waals surface area contributed by atoms with Crippen LogP contribution in [0, 0.1) is 5.92 Å². The van der Waals surface area contributed by atoms with Gasteiger partial charge < -0.3 is 5.32 Å². The lowest BCUT2D eigenvalue weighted by atomic mass is 9.93. The van der Waals surface area contributed by atoms with Gasteiger partial charge in [0.25, 0.3) is 0 Å². The van der Waals surface area contributed by atoms with Crippen molar-refractivity contribution in [1.29, 1.82) is 0 Å². The zero-order chi connectivity index (χ0) is 14.6. The Morgan fingerprint density at radius 2 is 2.35 bits per heavy atom. The van der Waals surface area contributed by atoms with Crippen molar-refractivity contribution in [2.24, 2.45) is 5.92 Å². The molecule has 2 atom stereocenters. The van der Waals surface area contributed by atoms with Crippen molar-refractivity contribution >= 4 is 10.0 Å². The molecular formula is C14H23N3O2S. The van der Waals surface area contributed by atoms with E-state index >= 15 is 0 Å². The summed E-state index contributed by atoms with van der Waals surface area (Å²) < 4.78 is 26.8. The average Bonchev–Trinajstić information content (AvgIpc) is 2.48. The van der Waals surface area contributed by atoms with Gasteiger partial charge in [0.05, 0.1) is 0 Å². The van der Waals surface area contributed by atoms with E-state index in [0.717, 1.165) is 19.4 Å². The van der Waals surface area contributed by atoms with E-state index in [9.17, 15) is 8.42 Å². The predicted octanol–water partition coefficient (Wildman–Crippen LogP) is 1.48. The second-order valence-corrected chi connectivity index (χ2v) is 7.24. The van der Waals surface area contributed by atoms with Crippen LogP contribution in [0.3, 0.4) is 0 Å². The number of pyridine rings is 1. The number of sulfonamides is 1. The van der Waals surface area contributed by atoms with Gasteiger partial charge in [-0.25, -0.2) is 8.42 Å². The van der Waals surface area contributed by atoms with Gasteiger partial charge in [-0.05, 0) is 44.4 Å². The Bertz CT molecular complexity index is 518. The van der Waals surface area contributed by atoms with E-state index < -0.39 is 10.0 Å². The second kappa shape index (κ2) is 6.65. The highest BCUT2D eigenvalue weighted by atomic mass is 32.2. The first-order chi connectivity index (χ1) is 9.55. The minimum Gasteiger partial charge on any atom is -0.314 e. The molecule has 1 fully saturated rings. The zero-order valence-corrected chi connectivity index (χ0v) is 12.9. The van der Waals surface area contributed by atoms with Crippen LogP contribution in [0.5, 0.6) is 0 Å². The summed E-state index contributed by atoms with van der Waals surface area (Å²) in [6.45, 7) is 6.31. The number of hydrogen-bond acceptors (Lipinski definition) is 4. The molecule has 0 aromatic carbocycles. The monoisotopic (exact) mass is 297 g/mol. The Kier molecular flexibility index (Phi) is 5.12. The quantitative estimate of drug-likeness (QED) is 0.894. The molecule has 0 amide bonds. The molecule has 1 aromatic rings. The van der Waals surface area contributed by atoms with Gasteiger partial charge in [-0.2, -0.15) is 4.31 Å². The Hall–Kier alpha value is -0.980. The summed E-state index contributed by atoms with van der Waals surface area (Å²) in [5.74, 6) is 0.371. The van der Waals surface area contributed by atoms with E-state index in [0.29, 0.717) is 25.0 Å². The summed E-state index contributed by atoms with van der Waals surface area (Å²) in [6.07, 6.45) is 5.01. The molecule has 5 nitrogen and oxygen atoms in total. The van der Waals surface area contributed by atoms with Gasteiger partial charge in [-0.3, -0.25) is 4.98 Å². The van der Waals surface area contributed by atoms with Gasteiger partial charge in [0, 0.05) is 31.5 Å². The fourth-order valence-electron chi connectivity index (χ4n) is 2.74. The van der Waals surface area contributed by atoms with Crippen LogP contribution >= 0.6 is 0 Å². The van der Waals surface area contributed by atoms with Crippen molar-refractivity contribution in [3.8, 4) is 0 Å². The van der Waals surface area contributed by atoms with Crippen LogP contribution in [0.25, 0.3) is 0 Å². The van der Waals surface area contributed by atoms with E-state index in [2.05, 4.69) is 24.1 Å². The highest BCUT2D eigenvalue weighted by Gasteiger charge is 2.32. The third kappa shape index (κ3) is 3.37. The van der Waals surface area contributed by atoms with Crippen LogP contribution in [-0.2, 0) is 10.0 Å². The molecule has 1 aromatic heterocycles. The number of nitrogens with one attached hydrogen (secondary N) is 1. The molecule has 6 heteroatoms. The molecule has 0 spiro atoms. The maximum absolute atomic E-state index is 12.6. The molecule has 1 saturated heterocycles. The summed E-state index contributed by atoms with van der Waals surface area (Å²) in [5, 5.41) is 3.39. The minimum absolute atomic E-state index is 0.289. The topological polar surface area (TPSA) is 62.3 Å². The van der Waals surface area contributed by atoms with Crippen LogP contribution in [-0.4, -0.2) is 43.4 Å². The average molecular weight is 297 g/mol. The van der Waals surface area contributed by atoms with Gasteiger partial charge in [0.15, 0.2) is 0 Å². The summed E-state index contributed by atoms with van der Waals surface area (Å²) in [6, 6.07) is 3.61. The largest absolute Gasteiger partial charge is 0.314 e. The van der Waals surface area contributed by atoms with Crippen molar-refractivity contribution in [3.05, 3.63) is 24.5 Å². The van der Waals surface area contributed by atoms with Crippen molar-refractivity contribution in [3.63, 3.8) is 0 Å². The lowest BCUT2D eigenvalue weighted by Gasteiger charge is -2.35. The third-order valence-electron chi connectivity index (χ3n) is 3.93. The second-order valence-electron chi connectivity index (χ2n) is 5.30. The first-order valence-corrected chi connectivity index (χ1v) is 8.63. The fourth-order valence-corrected chi connectivity index (χ4v) is 4.24. The van der Waals surface area contributed by atoms with E-state index in [-0.39, 0.29) is 4.90 Å². The molecule has 0 aliphatic carbocycles. The van der Waals surface area contributed by atoms with E-state index in [1.54, 1.807) is 22.6 Å². The molecule has 1 aliphatic rings. The first kappa shape index (κ1) is 15.4. The summed E-state index contributed by atoms with van der Waals surface area (Å²) in [4.78, 5) is 4.20. The Morgan fingerprint density at radius 1 is 1.55 bits per heavy atom. The van der Waals surface area contributed by atoms with Crippen LogP contribution < -0.4 is 5.32 Å². The first-order valence-electron chi connectivity index (χ1n) is 7.19. The predicted molar refractivity (Wildman–Crippen MR) is 78.9 cm³/mol. The maximum atomic E-state index is 12.6. The molecule has 0 radical (unpaired) electrons. The summed E-state index contributed by atoms with van der Waals surface area (Å²) in [5.41, 5.74) is 0. The van der Waals surface area contributed by atoms with Gasteiger partial charge >= 0.3 is 0 Å². The summed E-state index contributed by atoms with van der Waals surface area (Å²) in [7, 11) is -3.40. The van der Waals surface area contributed by atoms with Crippen molar-refractivity contribution < 1.29 is 8.42 Å². The summed E-state index contributed by atoms with van der Waals surface area (Å²) >= 11 is 0. The molecule has 1 aliphatic heterocycles. The van der Waals surface area contributed by atoms with E-state index in [1.807, 2.05) is 0 Å². The highest BCUT2D eigenvalue weighted by molar-refractivity contribution is 7.89. The number of piperidine rings is 1. The number of hydrogen-bond donors (Lipinski definition) is 1. The lowest BCUT2D eigenvalue weighted by molar-refractivity contribution is 0.225. The maximum Gasteiger partial charge on any atom is 0.244 e. The molecule has 112 valence electrons.